The lowest BCUT2D eigenvalue weighted by Crippen LogP contribution is -2.39. The van der Waals surface area contributed by atoms with Gasteiger partial charge in [0, 0.05) is 39.0 Å². The summed E-state index contributed by atoms with van der Waals surface area (Å²) in [6.07, 6.45) is 5.75. The molecule has 0 aliphatic rings. The fraction of sp³-hybridized carbons (Fsp3) is 0.333. The number of imidazole rings is 1. The summed E-state index contributed by atoms with van der Waals surface area (Å²) in [5, 5.41) is 6.67. The van der Waals surface area contributed by atoms with Crippen LogP contribution in [0.3, 0.4) is 0 Å². The predicted molar refractivity (Wildman–Crippen MR) is 112 cm³/mol. The fourth-order valence-electron chi connectivity index (χ4n) is 3.00. The molecule has 0 spiro atoms. The number of fused-ring (bicyclic) bond motifs is 1. The number of ether oxygens (including phenoxy) is 2. The summed E-state index contributed by atoms with van der Waals surface area (Å²) in [6.45, 7) is 1.53. The number of guanidine groups is 1. The van der Waals surface area contributed by atoms with Crippen molar-refractivity contribution in [2.75, 3.05) is 34.4 Å². The molecule has 7 heteroatoms. The average Bonchev–Trinajstić information content (AvgIpc) is 3.15. The van der Waals surface area contributed by atoms with E-state index in [0.29, 0.717) is 0 Å². The van der Waals surface area contributed by atoms with E-state index in [1.54, 1.807) is 21.3 Å². The van der Waals surface area contributed by atoms with Gasteiger partial charge in [0.25, 0.3) is 0 Å². The van der Waals surface area contributed by atoms with Gasteiger partial charge in [0.1, 0.15) is 5.65 Å². The Bertz CT molecular complexity index is 902. The van der Waals surface area contributed by atoms with Gasteiger partial charge in [0.05, 0.1) is 19.9 Å². The van der Waals surface area contributed by atoms with E-state index in [2.05, 4.69) is 26.8 Å². The minimum absolute atomic E-state index is 0.739. The summed E-state index contributed by atoms with van der Waals surface area (Å²) >= 11 is 0. The first-order valence-electron chi connectivity index (χ1n) is 9.31. The number of nitrogens with zero attached hydrogens (tertiary/aromatic N) is 3. The quantitative estimate of drug-likeness (QED) is 0.463. The molecule has 2 N–H and O–H groups in total. The maximum Gasteiger partial charge on any atom is 0.190 e. The van der Waals surface area contributed by atoms with Gasteiger partial charge in [-0.15, -0.1) is 0 Å². The minimum atomic E-state index is 0.739. The van der Waals surface area contributed by atoms with Crippen LogP contribution in [0.5, 0.6) is 11.5 Å². The zero-order chi connectivity index (χ0) is 19.8. The van der Waals surface area contributed by atoms with Crippen molar-refractivity contribution in [3.63, 3.8) is 0 Å². The summed E-state index contributed by atoms with van der Waals surface area (Å²) < 4.78 is 12.7. The van der Waals surface area contributed by atoms with Crippen LogP contribution in [0.2, 0.25) is 0 Å². The molecule has 7 nitrogen and oxygen atoms in total. The summed E-state index contributed by atoms with van der Waals surface area (Å²) in [5.41, 5.74) is 3.19. The summed E-state index contributed by atoms with van der Waals surface area (Å²) in [6, 6.07) is 12.0. The molecule has 0 saturated carbocycles. The zero-order valence-electron chi connectivity index (χ0n) is 16.6. The SMILES string of the molecule is CN=C(NCCc1ccc(OC)c(OC)c1)NCCc1cn2ccccc2n1. The maximum absolute atomic E-state index is 5.35. The molecule has 2 heterocycles. The highest BCUT2D eigenvalue weighted by atomic mass is 16.5. The fourth-order valence-corrected chi connectivity index (χ4v) is 3.00. The van der Waals surface area contributed by atoms with Crippen LogP contribution in [0.4, 0.5) is 0 Å². The lowest BCUT2D eigenvalue weighted by Gasteiger charge is -2.12. The highest BCUT2D eigenvalue weighted by molar-refractivity contribution is 5.79. The monoisotopic (exact) mass is 381 g/mol. The first-order chi connectivity index (χ1) is 13.7. The van der Waals surface area contributed by atoms with Crippen LogP contribution in [0.1, 0.15) is 11.3 Å². The Morgan fingerprint density at radius 3 is 2.54 bits per heavy atom. The number of benzene rings is 1. The number of rotatable bonds is 8. The number of hydrogen-bond acceptors (Lipinski definition) is 4. The Kier molecular flexibility index (Phi) is 6.73. The van der Waals surface area contributed by atoms with Crippen LogP contribution in [-0.4, -0.2) is 49.7 Å². The van der Waals surface area contributed by atoms with E-state index in [-0.39, 0.29) is 0 Å². The Morgan fingerprint density at radius 1 is 1.04 bits per heavy atom. The molecule has 0 saturated heterocycles. The van der Waals surface area contributed by atoms with Gasteiger partial charge >= 0.3 is 0 Å². The van der Waals surface area contributed by atoms with Crippen LogP contribution in [0.25, 0.3) is 5.65 Å². The second kappa shape index (κ2) is 9.64. The van der Waals surface area contributed by atoms with Crippen molar-refractivity contribution in [1.29, 1.82) is 0 Å². The molecule has 3 rings (SSSR count). The van der Waals surface area contributed by atoms with Crippen LogP contribution in [0.15, 0.2) is 53.8 Å². The number of pyridine rings is 1. The first kappa shape index (κ1) is 19.5. The summed E-state index contributed by atoms with van der Waals surface area (Å²) in [5.74, 6) is 2.27. The molecule has 0 aliphatic carbocycles. The van der Waals surface area contributed by atoms with Gasteiger partial charge < -0.3 is 24.5 Å². The second-order valence-electron chi connectivity index (χ2n) is 6.31. The van der Waals surface area contributed by atoms with E-state index in [0.717, 1.165) is 54.7 Å². The molecular weight excluding hydrogens is 354 g/mol. The molecule has 2 aromatic heterocycles. The van der Waals surface area contributed by atoms with E-state index in [4.69, 9.17) is 9.47 Å². The third kappa shape index (κ3) is 4.94. The molecule has 0 bridgehead atoms. The Hall–Kier alpha value is -3.22. The van der Waals surface area contributed by atoms with E-state index in [9.17, 15) is 0 Å². The van der Waals surface area contributed by atoms with E-state index >= 15 is 0 Å². The maximum atomic E-state index is 5.35. The molecule has 0 radical (unpaired) electrons. The molecule has 0 unspecified atom stereocenters. The largest absolute Gasteiger partial charge is 0.493 e. The molecule has 0 amide bonds. The highest BCUT2D eigenvalue weighted by Crippen LogP contribution is 2.27. The van der Waals surface area contributed by atoms with Crippen LogP contribution < -0.4 is 20.1 Å². The zero-order valence-corrected chi connectivity index (χ0v) is 16.6. The van der Waals surface area contributed by atoms with Gasteiger partial charge in [-0.2, -0.15) is 0 Å². The summed E-state index contributed by atoms with van der Waals surface area (Å²) in [7, 11) is 5.06. The van der Waals surface area contributed by atoms with Crippen molar-refractivity contribution in [3.05, 3.63) is 60.0 Å². The number of methoxy groups -OCH3 is 2. The average molecular weight is 381 g/mol. The topological polar surface area (TPSA) is 72.2 Å². The smallest absolute Gasteiger partial charge is 0.190 e. The normalized spacial score (nSPS) is 11.5. The van der Waals surface area contributed by atoms with Gasteiger partial charge in [0.2, 0.25) is 0 Å². The Morgan fingerprint density at radius 2 is 1.82 bits per heavy atom. The van der Waals surface area contributed by atoms with Crippen molar-refractivity contribution in [3.8, 4) is 11.5 Å². The molecule has 0 atom stereocenters. The Balaban J connectivity index is 1.44. The molecule has 0 fully saturated rings. The van der Waals surface area contributed by atoms with E-state index in [1.165, 1.54) is 5.56 Å². The lowest BCUT2D eigenvalue weighted by molar-refractivity contribution is 0.354. The second-order valence-corrected chi connectivity index (χ2v) is 6.31. The highest BCUT2D eigenvalue weighted by Gasteiger charge is 2.05. The molecule has 3 aromatic rings. The molecule has 0 aliphatic heterocycles. The number of aliphatic imine (C=N–C) groups is 1. The third-order valence-electron chi connectivity index (χ3n) is 4.47. The van der Waals surface area contributed by atoms with Gasteiger partial charge in [-0.05, 0) is 36.2 Å². The van der Waals surface area contributed by atoms with Crippen molar-refractivity contribution >= 4 is 11.6 Å². The van der Waals surface area contributed by atoms with Crippen molar-refractivity contribution < 1.29 is 9.47 Å². The van der Waals surface area contributed by atoms with Crippen LogP contribution in [-0.2, 0) is 12.8 Å². The molecular formula is C21H27N5O2. The lowest BCUT2D eigenvalue weighted by atomic mass is 10.1. The van der Waals surface area contributed by atoms with Crippen molar-refractivity contribution in [1.82, 2.24) is 20.0 Å². The summed E-state index contributed by atoms with van der Waals surface area (Å²) in [4.78, 5) is 8.89. The number of nitrogens with one attached hydrogen (secondary N) is 2. The first-order valence-corrected chi connectivity index (χ1v) is 9.31. The van der Waals surface area contributed by atoms with E-state index < -0.39 is 0 Å². The predicted octanol–water partition coefficient (Wildman–Crippen LogP) is 2.30. The third-order valence-corrected chi connectivity index (χ3v) is 4.47. The molecule has 148 valence electrons. The van der Waals surface area contributed by atoms with Crippen LogP contribution in [0, 0.1) is 0 Å². The van der Waals surface area contributed by atoms with Gasteiger partial charge in [-0.1, -0.05) is 12.1 Å². The minimum Gasteiger partial charge on any atom is -0.493 e. The van der Waals surface area contributed by atoms with Gasteiger partial charge in [-0.25, -0.2) is 4.98 Å². The van der Waals surface area contributed by atoms with Crippen molar-refractivity contribution in [2.24, 2.45) is 4.99 Å². The van der Waals surface area contributed by atoms with E-state index in [1.807, 2.05) is 47.0 Å². The number of hydrogen-bond donors (Lipinski definition) is 2. The van der Waals surface area contributed by atoms with Gasteiger partial charge in [-0.3, -0.25) is 4.99 Å². The molecule has 1 aromatic carbocycles. The standard InChI is InChI=1S/C21H27N5O2/c1-22-21(23-11-9-16-7-8-18(27-2)19(14-16)28-3)24-12-10-17-15-26-13-5-4-6-20(26)25-17/h4-8,13-15H,9-12H2,1-3H3,(H2,22,23,24). The number of aromatic nitrogens is 2. The molecule has 28 heavy (non-hydrogen) atoms. The van der Waals surface area contributed by atoms with Crippen LogP contribution >= 0.6 is 0 Å². The van der Waals surface area contributed by atoms with Gasteiger partial charge in [0.15, 0.2) is 17.5 Å². The Labute approximate surface area is 165 Å². The van der Waals surface area contributed by atoms with Crippen molar-refractivity contribution in [2.45, 2.75) is 12.8 Å².